The van der Waals surface area contributed by atoms with Crippen molar-refractivity contribution in [2.45, 2.75) is 32.1 Å². The fourth-order valence-electron chi connectivity index (χ4n) is 1.68. The third-order valence-electron chi connectivity index (χ3n) is 2.54. The summed E-state index contributed by atoms with van der Waals surface area (Å²) in [6.45, 7) is 5.14. The van der Waals surface area contributed by atoms with Gasteiger partial charge in [-0.25, -0.2) is 0 Å². The SMILES string of the molecule is C1CCNCC1.CN1CCCC1. The Bertz CT molecular complexity index is 82.5. The molecular weight excluding hydrogens is 148 g/mol. The molecule has 0 atom stereocenters. The first-order valence-corrected chi connectivity index (χ1v) is 5.29. The van der Waals surface area contributed by atoms with Crippen molar-refractivity contribution in [3.8, 4) is 0 Å². The van der Waals surface area contributed by atoms with E-state index in [1.807, 2.05) is 0 Å². The highest BCUT2D eigenvalue weighted by atomic mass is 15.1. The fourth-order valence-corrected chi connectivity index (χ4v) is 1.68. The molecule has 72 valence electrons. The first kappa shape index (κ1) is 10.0. The normalized spacial score (nSPS) is 24.8. The summed E-state index contributed by atoms with van der Waals surface area (Å²) in [5, 5.41) is 3.28. The smallest absolute Gasteiger partial charge is 0.00213 e. The van der Waals surface area contributed by atoms with Crippen LogP contribution in [-0.2, 0) is 0 Å². The van der Waals surface area contributed by atoms with Crippen LogP contribution in [-0.4, -0.2) is 38.1 Å². The van der Waals surface area contributed by atoms with Gasteiger partial charge in [0.25, 0.3) is 0 Å². The molecule has 2 saturated heterocycles. The largest absolute Gasteiger partial charge is 0.317 e. The van der Waals surface area contributed by atoms with Gasteiger partial charge in [0.2, 0.25) is 0 Å². The summed E-state index contributed by atoms with van der Waals surface area (Å²) < 4.78 is 0. The van der Waals surface area contributed by atoms with E-state index >= 15 is 0 Å². The standard InChI is InChI=1S/2C5H11N/c1-6-4-2-3-5-6;1-2-4-6-5-3-1/h2-5H2,1H3;6H,1-5H2. The minimum Gasteiger partial charge on any atom is -0.317 e. The van der Waals surface area contributed by atoms with Crippen LogP contribution in [0.15, 0.2) is 0 Å². The van der Waals surface area contributed by atoms with Crippen molar-refractivity contribution in [3.05, 3.63) is 0 Å². The highest BCUT2D eigenvalue weighted by molar-refractivity contribution is 4.59. The van der Waals surface area contributed by atoms with Crippen LogP contribution < -0.4 is 5.32 Å². The summed E-state index contributed by atoms with van der Waals surface area (Å²) in [5.41, 5.74) is 0. The van der Waals surface area contributed by atoms with E-state index in [-0.39, 0.29) is 0 Å². The van der Waals surface area contributed by atoms with Crippen LogP contribution in [0.2, 0.25) is 0 Å². The monoisotopic (exact) mass is 170 g/mol. The van der Waals surface area contributed by atoms with Crippen LogP contribution in [0.25, 0.3) is 0 Å². The Kier molecular flexibility index (Phi) is 5.37. The van der Waals surface area contributed by atoms with Gasteiger partial charge in [-0.15, -0.1) is 0 Å². The summed E-state index contributed by atoms with van der Waals surface area (Å²) in [7, 11) is 2.17. The summed E-state index contributed by atoms with van der Waals surface area (Å²) in [4.78, 5) is 2.36. The maximum atomic E-state index is 3.28. The molecular formula is C10H22N2. The van der Waals surface area contributed by atoms with E-state index < -0.39 is 0 Å². The van der Waals surface area contributed by atoms with Crippen molar-refractivity contribution in [2.24, 2.45) is 0 Å². The quantitative estimate of drug-likeness (QED) is 0.592. The Labute approximate surface area is 76.3 Å². The van der Waals surface area contributed by atoms with Crippen LogP contribution in [0.3, 0.4) is 0 Å². The second kappa shape index (κ2) is 6.44. The average molecular weight is 170 g/mol. The molecule has 2 fully saturated rings. The third-order valence-corrected chi connectivity index (χ3v) is 2.54. The summed E-state index contributed by atoms with van der Waals surface area (Å²) in [6, 6.07) is 0. The number of hydrogen-bond donors (Lipinski definition) is 1. The van der Waals surface area contributed by atoms with E-state index in [0.29, 0.717) is 0 Å². The zero-order valence-electron chi connectivity index (χ0n) is 8.31. The maximum absolute atomic E-state index is 3.28. The molecule has 0 amide bonds. The summed E-state index contributed by atoms with van der Waals surface area (Å²) in [5.74, 6) is 0. The van der Waals surface area contributed by atoms with Crippen LogP contribution in [0.5, 0.6) is 0 Å². The molecule has 2 rings (SSSR count). The van der Waals surface area contributed by atoms with Crippen molar-refractivity contribution < 1.29 is 0 Å². The Morgan fingerprint density at radius 2 is 1.42 bits per heavy atom. The highest BCUT2D eigenvalue weighted by Crippen LogP contribution is 2.02. The molecule has 0 aromatic rings. The molecule has 0 spiro atoms. The lowest BCUT2D eigenvalue weighted by Gasteiger charge is -2.08. The molecule has 2 nitrogen and oxygen atoms in total. The molecule has 0 radical (unpaired) electrons. The van der Waals surface area contributed by atoms with Gasteiger partial charge in [0, 0.05) is 0 Å². The van der Waals surface area contributed by atoms with Gasteiger partial charge in [0.1, 0.15) is 0 Å². The lowest BCUT2D eigenvalue weighted by molar-refractivity contribution is 0.418. The molecule has 0 saturated carbocycles. The fraction of sp³-hybridized carbons (Fsp3) is 1.00. The van der Waals surface area contributed by atoms with Gasteiger partial charge >= 0.3 is 0 Å². The van der Waals surface area contributed by atoms with E-state index in [2.05, 4.69) is 17.3 Å². The van der Waals surface area contributed by atoms with Crippen LogP contribution in [0.1, 0.15) is 32.1 Å². The topological polar surface area (TPSA) is 15.3 Å². The van der Waals surface area contributed by atoms with Crippen LogP contribution in [0, 0.1) is 0 Å². The van der Waals surface area contributed by atoms with Gasteiger partial charge in [-0.1, -0.05) is 6.42 Å². The van der Waals surface area contributed by atoms with Crippen LogP contribution >= 0.6 is 0 Å². The van der Waals surface area contributed by atoms with Gasteiger partial charge in [-0.2, -0.15) is 0 Å². The lowest BCUT2D eigenvalue weighted by Crippen LogP contribution is -2.21. The molecule has 12 heavy (non-hydrogen) atoms. The third kappa shape index (κ3) is 4.73. The lowest BCUT2D eigenvalue weighted by atomic mass is 10.2. The summed E-state index contributed by atoms with van der Waals surface area (Å²) >= 11 is 0. The van der Waals surface area contributed by atoms with E-state index in [1.54, 1.807) is 0 Å². The van der Waals surface area contributed by atoms with Gasteiger partial charge in [-0.3, -0.25) is 0 Å². The molecule has 0 bridgehead atoms. The number of piperidine rings is 1. The first-order chi connectivity index (χ1) is 5.89. The van der Waals surface area contributed by atoms with Crippen LogP contribution in [0.4, 0.5) is 0 Å². The van der Waals surface area contributed by atoms with Gasteiger partial charge in [0.15, 0.2) is 0 Å². The molecule has 0 aliphatic carbocycles. The molecule has 0 unspecified atom stereocenters. The molecule has 2 heteroatoms. The molecule has 2 aliphatic rings. The maximum Gasteiger partial charge on any atom is -0.00213 e. The summed E-state index contributed by atoms with van der Waals surface area (Å²) in [6.07, 6.45) is 7.04. The van der Waals surface area contributed by atoms with E-state index in [9.17, 15) is 0 Å². The van der Waals surface area contributed by atoms with Crippen molar-refractivity contribution in [2.75, 3.05) is 33.2 Å². The molecule has 0 aromatic carbocycles. The first-order valence-electron chi connectivity index (χ1n) is 5.29. The molecule has 2 aliphatic heterocycles. The number of nitrogens with zero attached hydrogens (tertiary/aromatic N) is 1. The Morgan fingerprint density at radius 3 is 1.58 bits per heavy atom. The van der Waals surface area contributed by atoms with E-state index in [1.165, 1.54) is 58.3 Å². The number of rotatable bonds is 0. The van der Waals surface area contributed by atoms with Crippen molar-refractivity contribution in [3.63, 3.8) is 0 Å². The van der Waals surface area contributed by atoms with Crippen molar-refractivity contribution in [1.29, 1.82) is 0 Å². The second-order valence-electron chi connectivity index (χ2n) is 3.82. The highest BCUT2D eigenvalue weighted by Gasteiger charge is 2.03. The minimum absolute atomic E-state index is 1.25. The van der Waals surface area contributed by atoms with Gasteiger partial charge < -0.3 is 10.2 Å². The average Bonchev–Trinajstić information content (AvgIpc) is 2.60. The predicted molar refractivity (Wildman–Crippen MR) is 53.5 cm³/mol. The number of hydrogen-bond acceptors (Lipinski definition) is 2. The predicted octanol–water partition coefficient (Wildman–Crippen LogP) is 1.47. The number of likely N-dealkylation sites (tertiary alicyclic amines) is 1. The Morgan fingerprint density at radius 1 is 0.833 bits per heavy atom. The zero-order chi connectivity index (χ0) is 8.65. The Balaban J connectivity index is 0.000000120. The van der Waals surface area contributed by atoms with E-state index in [4.69, 9.17) is 0 Å². The van der Waals surface area contributed by atoms with Crippen molar-refractivity contribution in [1.82, 2.24) is 10.2 Å². The molecule has 2 heterocycles. The second-order valence-corrected chi connectivity index (χ2v) is 3.82. The molecule has 1 N–H and O–H groups in total. The minimum atomic E-state index is 1.25. The van der Waals surface area contributed by atoms with Gasteiger partial charge in [-0.05, 0) is 58.9 Å². The Hall–Kier alpha value is -0.0800. The van der Waals surface area contributed by atoms with E-state index in [0.717, 1.165) is 0 Å². The zero-order valence-corrected chi connectivity index (χ0v) is 8.31. The molecule has 0 aromatic heterocycles. The van der Waals surface area contributed by atoms with Gasteiger partial charge in [0.05, 0.1) is 0 Å². The number of nitrogens with one attached hydrogen (secondary N) is 1. The van der Waals surface area contributed by atoms with Crippen molar-refractivity contribution >= 4 is 0 Å².